The van der Waals surface area contributed by atoms with Gasteiger partial charge in [-0.05, 0) is 61.2 Å². The molecule has 0 aliphatic rings. The Balaban J connectivity index is 1.86. The molecule has 0 aliphatic heterocycles. The van der Waals surface area contributed by atoms with Crippen LogP contribution in [-0.4, -0.2) is 35.2 Å². The molecule has 7 heteroatoms. The van der Waals surface area contributed by atoms with Gasteiger partial charge in [0.15, 0.2) is 0 Å². The zero-order chi connectivity index (χ0) is 22.7. The molecule has 4 aromatic rings. The number of fused-ring (bicyclic) bond motifs is 3. The van der Waals surface area contributed by atoms with Gasteiger partial charge < -0.3 is 14.1 Å². The van der Waals surface area contributed by atoms with Crippen LogP contribution in [0, 0.1) is 0 Å². The van der Waals surface area contributed by atoms with Gasteiger partial charge in [0.1, 0.15) is 0 Å². The van der Waals surface area contributed by atoms with Crippen LogP contribution >= 0.6 is 11.3 Å². The summed E-state index contributed by atoms with van der Waals surface area (Å²) >= 11 is 1.44. The van der Waals surface area contributed by atoms with Crippen molar-refractivity contribution in [2.24, 2.45) is 5.16 Å². The number of carbonyl (C=O) groups excluding carboxylic acids is 2. The molecule has 0 fully saturated rings. The lowest BCUT2D eigenvalue weighted by atomic mass is 10.0. The number of thiophene rings is 1. The first-order valence-electron chi connectivity index (χ1n) is 10.4. The molecule has 0 amide bonds. The Morgan fingerprint density at radius 1 is 1.00 bits per heavy atom. The highest BCUT2D eigenvalue weighted by molar-refractivity contribution is 7.12. The fraction of sp³-hybridized carbons (Fsp3) is 0.240. The van der Waals surface area contributed by atoms with E-state index in [2.05, 4.69) is 9.72 Å². The van der Waals surface area contributed by atoms with Crippen LogP contribution in [0.1, 0.15) is 41.6 Å². The van der Waals surface area contributed by atoms with Crippen LogP contribution < -0.4 is 0 Å². The fourth-order valence-electron chi connectivity index (χ4n) is 3.75. The smallest absolute Gasteiger partial charge is 0.331 e. The standard InChI is InChI=1S/C25H24N2O4S/c1-4-30-12-11-27-22-9-7-18(16(2)26-31-17(3)28)14-20(22)21-15-19(8-10-23(21)27)25(29)24-6-5-13-32-24/h5-10,13-15H,4,11-12H2,1-3H3/b26-16-. The van der Waals surface area contributed by atoms with Crippen molar-refractivity contribution < 1.29 is 19.2 Å². The van der Waals surface area contributed by atoms with E-state index in [0.29, 0.717) is 31.0 Å². The van der Waals surface area contributed by atoms with E-state index in [4.69, 9.17) is 9.57 Å². The molecule has 2 aromatic carbocycles. The van der Waals surface area contributed by atoms with E-state index >= 15 is 0 Å². The van der Waals surface area contributed by atoms with Crippen molar-refractivity contribution in [3.63, 3.8) is 0 Å². The van der Waals surface area contributed by atoms with Crippen LogP contribution in [0.25, 0.3) is 21.8 Å². The van der Waals surface area contributed by atoms with E-state index in [-0.39, 0.29) is 5.78 Å². The molecule has 2 aromatic heterocycles. The first-order chi connectivity index (χ1) is 15.5. The molecule has 6 nitrogen and oxygen atoms in total. The number of benzene rings is 2. The Morgan fingerprint density at radius 2 is 1.69 bits per heavy atom. The second-order valence-corrected chi connectivity index (χ2v) is 8.33. The predicted molar refractivity (Wildman–Crippen MR) is 128 cm³/mol. The number of hydrogen-bond donors (Lipinski definition) is 0. The van der Waals surface area contributed by atoms with Gasteiger partial charge in [0, 0.05) is 47.4 Å². The minimum atomic E-state index is -0.463. The number of nitrogens with zero attached hydrogens (tertiary/aromatic N) is 2. The van der Waals surface area contributed by atoms with Crippen LogP contribution in [0.5, 0.6) is 0 Å². The molecule has 0 bridgehead atoms. The molecular weight excluding hydrogens is 424 g/mol. The molecule has 0 saturated heterocycles. The Labute approximate surface area is 190 Å². The van der Waals surface area contributed by atoms with E-state index in [1.54, 1.807) is 6.92 Å². The highest BCUT2D eigenvalue weighted by Gasteiger charge is 2.16. The maximum Gasteiger partial charge on any atom is 0.331 e. The molecule has 0 N–H and O–H groups in total. The normalized spacial score (nSPS) is 11.9. The summed E-state index contributed by atoms with van der Waals surface area (Å²) in [6.45, 7) is 7.05. The molecule has 0 saturated carbocycles. The average Bonchev–Trinajstić information content (AvgIpc) is 3.44. The molecule has 164 valence electrons. The molecule has 0 spiro atoms. The first kappa shape index (κ1) is 21.9. The molecule has 0 unspecified atom stereocenters. The summed E-state index contributed by atoms with van der Waals surface area (Å²) in [6.07, 6.45) is 0. The Hall–Kier alpha value is -3.29. The topological polar surface area (TPSA) is 69.9 Å². The molecular formula is C25H24N2O4S. The lowest BCUT2D eigenvalue weighted by Crippen LogP contribution is -2.06. The van der Waals surface area contributed by atoms with Crippen molar-refractivity contribution in [2.75, 3.05) is 13.2 Å². The predicted octanol–water partition coefficient (Wildman–Crippen LogP) is 5.41. The van der Waals surface area contributed by atoms with Crippen molar-refractivity contribution in [3.8, 4) is 0 Å². The molecule has 0 aliphatic carbocycles. The maximum atomic E-state index is 12.9. The molecule has 0 radical (unpaired) electrons. The summed E-state index contributed by atoms with van der Waals surface area (Å²) < 4.78 is 7.80. The number of ether oxygens (including phenoxy) is 1. The molecule has 4 rings (SSSR count). The Morgan fingerprint density at radius 3 is 2.31 bits per heavy atom. The first-order valence-corrected chi connectivity index (χ1v) is 11.3. The minimum Gasteiger partial charge on any atom is -0.380 e. The van der Waals surface area contributed by atoms with E-state index in [1.165, 1.54) is 18.3 Å². The van der Waals surface area contributed by atoms with Gasteiger partial charge >= 0.3 is 5.97 Å². The van der Waals surface area contributed by atoms with E-state index in [0.717, 1.165) is 32.2 Å². The Bertz CT molecular complexity index is 1320. The molecule has 0 atom stereocenters. The van der Waals surface area contributed by atoms with Crippen LogP contribution in [-0.2, 0) is 20.9 Å². The van der Waals surface area contributed by atoms with E-state index in [9.17, 15) is 9.59 Å². The summed E-state index contributed by atoms with van der Waals surface area (Å²) in [4.78, 5) is 29.6. The number of carbonyl (C=O) groups is 2. The average molecular weight is 449 g/mol. The third-order valence-corrected chi connectivity index (χ3v) is 6.13. The maximum absolute atomic E-state index is 12.9. The highest BCUT2D eigenvalue weighted by Crippen LogP contribution is 2.32. The SMILES string of the molecule is CCOCCn1c2ccc(C(=O)c3cccs3)cc2c2cc(/C(C)=N\OC(C)=O)ccc21. The van der Waals surface area contributed by atoms with Gasteiger partial charge in [-0.2, -0.15) is 0 Å². The van der Waals surface area contributed by atoms with Gasteiger partial charge in [0.05, 0.1) is 17.2 Å². The van der Waals surface area contributed by atoms with Crippen molar-refractivity contribution in [1.82, 2.24) is 4.57 Å². The second-order valence-electron chi connectivity index (χ2n) is 7.38. The van der Waals surface area contributed by atoms with Crippen LogP contribution in [0.4, 0.5) is 0 Å². The van der Waals surface area contributed by atoms with Crippen molar-refractivity contribution in [3.05, 3.63) is 69.9 Å². The van der Waals surface area contributed by atoms with Gasteiger partial charge in [-0.15, -0.1) is 11.3 Å². The lowest BCUT2D eigenvalue weighted by Gasteiger charge is -2.08. The quantitative estimate of drug-likeness (QED) is 0.119. The van der Waals surface area contributed by atoms with Crippen molar-refractivity contribution in [2.45, 2.75) is 27.3 Å². The molecule has 2 heterocycles. The summed E-state index contributed by atoms with van der Waals surface area (Å²) in [5.41, 5.74) is 4.18. The number of aromatic nitrogens is 1. The summed E-state index contributed by atoms with van der Waals surface area (Å²) in [5, 5.41) is 7.81. The zero-order valence-electron chi connectivity index (χ0n) is 18.3. The van der Waals surface area contributed by atoms with E-state index < -0.39 is 5.97 Å². The van der Waals surface area contributed by atoms with Gasteiger partial charge in [-0.25, -0.2) is 4.79 Å². The lowest BCUT2D eigenvalue weighted by molar-refractivity contribution is -0.140. The minimum absolute atomic E-state index is 0.0147. The van der Waals surface area contributed by atoms with E-state index in [1.807, 2.05) is 60.8 Å². The van der Waals surface area contributed by atoms with Crippen molar-refractivity contribution >= 4 is 50.6 Å². The van der Waals surface area contributed by atoms with Gasteiger partial charge in [0.2, 0.25) is 5.78 Å². The van der Waals surface area contributed by atoms with Crippen LogP contribution in [0.15, 0.2) is 59.1 Å². The third-order valence-electron chi connectivity index (χ3n) is 5.26. The van der Waals surface area contributed by atoms with Crippen molar-refractivity contribution in [1.29, 1.82) is 0 Å². The van der Waals surface area contributed by atoms with Gasteiger partial charge in [0.25, 0.3) is 0 Å². The largest absolute Gasteiger partial charge is 0.380 e. The number of oxime groups is 1. The zero-order valence-corrected chi connectivity index (χ0v) is 19.1. The number of ketones is 1. The third kappa shape index (κ3) is 4.35. The van der Waals surface area contributed by atoms with Gasteiger partial charge in [-0.3, -0.25) is 4.79 Å². The summed E-state index contributed by atoms with van der Waals surface area (Å²) in [6, 6.07) is 15.6. The summed E-state index contributed by atoms with van der Waals surface area (Å²) in [5.74, 6) is -0.449. The fourth-order valence-corrected chi connectivity index (χ4v) is 4.43. The highest BCUT2D eigenvalue weighted by atomic mass is 32.1. The molecule has 32 heavy (non-hydrogen) atoms. The summed E-state index contributed by atoms with van der Waals surface area (Å²) in [7, 11) is 0. The number of rotatable bonds is 8. The van der Waals surface area contributed by atoms with Crippen LogP contribution in [0.3, 0.4) is 0 Å². The van der Waals surface area contributed by atoms with Crippen LogP contribution in [0.2, 0.25) is 0 Å². The number of hydrogen-bond acceptors (Lipinski definition) is 6. The Kier molecular flexibility index (Phi) is 6.48. The monoisotopic (exact) mass is 448 g/mol. The second kappa shape index (κ2) is 9.46. The van der Waals surface area contributed by atoms with Gasteiger partial charge in [-0.1, -0.05) is 17.3 Å².